The van der Waals surface area contributed by atoms with E-state index in [2.05, 4.69) is 0 Å². The van der Waals surface area contributed by atoms with E-state index in [1.807, 2.05) is 30.3 Å². The average molecular weight is 460 g/mol. The van der Waals surface area contributed by atoms with E-state index in [9.17, 15) is 18.0 Å². The molecule has 0 radical (unpaired) electrons. The van der Waals surface area contributed by atoms with Crippen molar-refractivity contribution >= 4 is 33.1 Å². The first-order chi connectivity index (χ1) is 14.8. The molecular formula is C24H26ClNO4S. The zero-order chi connectivity index (χ0) is 22.1. The molecule has 164 valence electrons. The summed E-state index contributed by atoms with van der Waals surface area (Å²) in [5.41, 5.74) is 0.685. The van der Waals surface area contributed by atoms with Crippen LogP contribution in [-0.2, 0) is 14.6 Å². The maximum atomic E-state index is 13.6. The fourth-order valence-electron chi connectivity index (χ4n) is 4.85. The van der Waals surface area contributed by atoms with Crippen molar-refractivity contribution in [2.75, 3.05) is 13.1 Å². The van der Waals surface area contributed by atoms with Gasteiger partial charge in [0.05, 0.1) is 4.90 Å². The average Bonchev–Trinajstić information content (AvgIpc) is 3.31. The third-order valence-corrected chi connectivity index (χ3v) is 9.41. The van der Waals surface area contributed by atoms with Gasteiger partial charge >= 0.3 is 0 Å². The van der Waals surface area contributed by atoms with Gasteiger partial charge in [-0.25, -0.2) is 8.42 Å². The number of nitrogens with zero attached hydrogens (tertiary/aromatic N) is 1. The standard InChI is InChI=1S/C24H26ClNO4S/c25-20-8-10-21(11-9-20)31(29,30)24(14-4-5-15-24)23(28)26-16-12-19(13-17-26)22(27)18-6-2-1-3-7-18/h1-3,6-11,19H,4-5,12-17H2. The van der Waals surface area contributed by atoms with Crippen LogP contribution in [0.25, 0.3) is 0 Å². The maximum Gasteiger partial charge on any atom is 0.244 e. The van der Waals surface area contributed by atoms with Gasteiger partial charge in [-0.15, -0.1) is 0 Å². The summed E-state index contributed by atoms with van der Waals surface area (Å²) >= 11 is 5.93. The Morgan fingerprint density at radius 1 is 0.903 bits per heavy atom. The highest BCUT2D eigenvalue weighted by molar-refractivity contribution is 7.93. The Morgan fingerprint density at radius 2 is 1.48 bits per heavy atom. The van der Waals surface area contributed by atoms with Crippen molar-refractivity contribution in [3.05, 3.63) is 65.2 Å². The van der Waals surface area contributed by atoms with E-state index in [1.54, 1.807) is 17.0 Å². The number of halogens is 1. The molecule has 0 atom stereocenters. The number of piperidine rings is 1. The first kappa shape index (κ1) is 22.0. The van der Waals surface area contributed by atoms with Gasteiger partial charge in [0.15, 0.2) is 20.4 Å². The third kappa shape index (κ3) is 4.03. The van der Waals surface area contributed by atoms with Crippen LogP contribution in [0.3, 0.4) is 0 Å². The van der Waals surface area contributed by atoms with Crippen LogP contribution in [0.5, 0.6) is 0 Å². The van der Waals surface area contributed by atoms with Crippen molar-refractivity contribution in [1.82, 2.24) is 4.90 Å². The Hall–Kier alpha value is -2.18. The Kier molecular flexibility index (Phi) is 6.22. The van der Waals surface area contributed by atoms with Crippen LogP contribution in [0, 0.1) is 5.92 Å². The van der Waals surface area contributed by atoms with Gasteiger partial charge in [0, 0.05) is 29.6 Å². The second-order valence-corrected chi connectivity index (χ2v) is 11.2. The molecule has 0 spiro atoms. The molecule has 0 bridgehead atoms. The van der Waals surface area contributed by atoms with Crippen LogP contribution >= 0.6 is 11.6 Å². The van der Waals surface area contributed by atoms with Gasteiger partial charge in [0.1, 0.15) is 0 Å². The zero-order valence-electron chi connectivity index (χ0n) is 17.3. The summed E-state index contributed by atoms with van der Waals surface area (Å²) in [5, 5.41) is 0.455. The summed E-state index contributed by atoms with van der Waals surface area (Å²) in [6.07, 6.45) is 3.19. The van der Waals surface area contributed by atoms with Crippen LogP contribution in [0.4, 0.5) is 0 Å². The molecule has 4 rings (SSSR count). The van der Waals surface area contributed by atoms with E-state index in [4.69, 9.17) is 11.6 Å². The van der Waals surface area contributed by atoms with Gasteiger partial charge in [-0.1, -0.05) is 54.8 Å². The molecule has 1 aliphatic heterocycles. The molecule has 2 aromatic rings. The molecule has 0 aromatic heterocycles. The lowest BCUT2D eigenvalue weighted by molar-refractivity contribution is -0.135. The normalized spacial score (nSPS) is 19.3. The molecule has 2 fully saturated rings. The summed E-state index contributed by atoms with van der Waals surface area (Å²) in [6.45, 7) is 0.805. The molecule has 1 aliphatic carbocycles. The molecule has 7 heteroatoms. The molecule has 5 nitrogen and oxygen atoms in total. The Bertz CT molecular complexity index is 1050. The number of ketones is 1. The van der Waals surface area contributed by atoms with E-state index in [0.717, 1.165) is 0 Å². The van der Waals surface area contributed by atoms with E-state index in [0.29, 0.717) is 62.2 Å². The molecule has 0 unspecified atom stereocenters. The minimum Gasteiger partial charge on any atom is -0.341 e. The highest BCUT2D eigenvalue weighted by Crippen LogP contribution is 2.42. The second kappa shape index (κ2) is 8.75. The summed E-state index contributed by atoms with van der Waals surface area (Å²) in [6, 6.07) is 15.2. The van der Waals surface area contributed by atoms with Gasteiger partial charge in [-0.05, 0) is 49.9 Å². The molecule has 2 aromatic carbocycles. The molecule has 0 N–H and O–H groups in total. The molecular weight excluding hydrogens is 434 g/mol. The van der Waals surface area contributed by atoms with Crippen LogP contribution in [0.1, 0.15) is 48.9 Å². The zero-order valence-corrected chi connectivity index (χ0v) is 18.9. The number of rotatable bonds is 5. The lowest BCUT2D eigenvalue weighted by atomic mass is 9.88. The van der Waals surface area contributed by atoms with Gasteiger partial charge < -0.3 is 4.90 Å². The summed E-state index contributed by atoms with van der Waals surface area (Å²) < 4.78 is 25.7. The fourth-order valence-corrected chi connectivity index (χ4v) is 7.11. The number of sulfone groups is 1. The molecule has 1 amide bonds. The van der Waals surface area contributed by atoms with Gasteiger partial charge in [-0.3, -0.25) is 9.59 Å². The van der Waals surface area contributed by atoms with Crippen molar-refractivity contribution in [3.63, 3.8) is 0 Å². The highest BCUT2D eigenvalue weighted by atomic mass is 35.5. The number of hydrogen-bond acceptors (Lipinski definition) is 4. The quantitative estimate of drug-likeness (QED) is 0.615. The number of benzene rings is 2. The summed E-state index contributed by atoms with van der Waals surface area (Å²) in [7, 11) is -3.86. The third-order valence-electron chi connectivity index (χ3n) is 6.65. The monoisotopic (exact) mass is 459 g/mol. The smallest absolute Gasteiger partial charge is 0.244 e. The van der Waals surface area contributed by atoms with Crippen LogP contribution in [0.2, 0.25) is 5.02 Å². The predicted molar refractivity (Wildman–Crippen MR) is 120 cm³/mol. The molecule has 2 aliphatic rings. The van der Waals surface area contributed by atoms with E-state index in [-0.39, 0.29) is 22.5 Å². The van der Waals surface area contributed by atoms with Gasteiger partial charge in [0.25, 0.3) is 0 Å². The Morgan fingerprint density at radius 3 is 2.06 bits per heavy atom. The number of likely N-dealkylation sites (tertiary alicyclic amines) is 1. The Balaban J connectivity index is 1.52. The molecule has 31 heavy (non-hydrogen) atoms. The molecule has 1 saturated carbocycles. The second-order valence-electron chi connectivity index (χ2n) is 8.46. The minimum absolute atomic E-state index is 0.0945. The summed E-state index contributed by atoms with van der Waals surface area (Å²) in [4.78, 5) is 28.1. The van der Waals surface area contributed by atoms with Crippen LogP contribution < -0.4 is 0 Å². The fraction of sp³-hybridized carbons (Fsp3) is 0.417. The van der Waals surface area contributed by atoms with Crippen LogP contribution in [-0.4, -0.2) is 42.8 Å². The van der Waals surface area contributed by atoms with E-state index in [1.165, 1.54) is 12.1 Å². The molecule has 1 heterocycles. The van der Waals surface area contributed by atoms with Crippen LogP contribution in [0.15, 0.2) is 59.5 Å². The van der Waals surface area contributed by atoms with Crippen molar-refractivity contribution in [3.8, 4) is 0 Å². The van der Waals surface area contributed by atoms with E-state index >= 15 is 0 Å². The van der Waals surface area contributed by atoms with Crippen molar-refractivity contribution in [2.45, 2.75) is 48.2 Å². The SMILES string of the molecule is O=C(c1ccccc1)C1CCN(C(=O)C2(S(=O)(=O)c3ccc(Cl)cc3)CCCC2)CC1. The first-order valence-corrected chi connectivity index (χ1v) is 12.6. The number of carbonyl (C=O) groups is 2. The predicted octanol–water partition coefficient (Wildman–Crippen LogP) is 4.55. The Labute approximate surface area is 188 Å². The number of hydrogen-bond donors (Lipinski definition) is 0. The van der Waals surface area contributed by atoms with Crippen molar-refractivity contribution in [2.24, 2.45) is 5.92 Å². The summed E-state index contributed by atoms with van der Waals surface area (Å²) in [5.74, 6) is -0.360. The topological polar surface area (TPSA) is 71.5 Å². The largest absolute Gasteiger partial charge is 0.341 e. The number of amides is 1. The lowest BCUT2D eigenvalue weighted by Gasteiger charge is -2.37. The highest BCUT2D eigenvalue weighted by Gasteiger charge is 2.54. The first-order valence-electron chi connectivity index (χ1n) is 10.7. The van der Waals surface area contributed by atoms with Crippen molar-refractivity contribution < 1.29 is 18.0 Å². The van der Waals surface area contributed by atoms with E-state index < -0.39 is 14.6 Å². The maximum absolute atomic E-state index is 13.6. The van der Waals surface area contributed by atoms with Gasteiger partial charge in [-0.2, -0.15) is 0 Å². The number of Topliss-reactive ketones (excluding diaryl/α,β-unsaturated/α-hetero) is 1. The van der Waals surface area contributed by atoms with Gasteiger partial charge in [0.2, 0.25) is 5.91 Å². The number of carbonyl (C=O) groups excluding carboxylic acids is 2. The minimum atomic E-state index is -3.86. The molecule has 1 saturated heterocycles. The lowest BCUT2D eigenvalue weighted by Crippen LogP contribution is -2.54. The van der Waals surface area contributed by atoms with Crippen molar-refractivity contribution in [1.29, 1.82) is 0 Å².